The summed E-state index contributed by atoms with van der Waals surface area (Å²) in [5.74, 6) is -2.51. The Morgan fingerprint density at radius 1 is 0.882 bits per heavy atom. The van der Waals surface area contributed by atoms with Gasteiger partial charge < -0.3 is 15.1 Å². The molecule has 0 aliphatic carbocycles. The van der Waals surface area contributed by atoms with E-state index in [1.54, 1.807) is 0 Å². The van der Waals surface area contributed by atoms with E-state index < -0.39 is 11.9 Å². The van der Waals surface area contributed by atoms with E-state index in [1.807, 2.05) is 11.8 Å². The van der Waals surface area contributed by atoms with Crippen LogP contribution in [0.5, 0.6) is 0 Å². The summed E-state index contributed by atoms with van der Waals surface area (Å²) in [6.45, 7) is 4.63. The number of nitrogens with zero attached hydrogens (tertiary/aromatic N) is 2. The quantitative estimate of drug-likeness (QED) is 0.537. The van der Waals surface area contributed by atoms with Crippen LogP contribution >= 0.6 is 11.8 Å². The minimum atomic E-state index is -1.26. The van der Waals surface area contributed by atoms with E-state index in [0.717, 1.165) is 32.6 Å². The molecule has 1 fully saturated rings. The van der Waals surface area contributed by atoms with Crippen molar-refractivity contribution >= 4 is 34.5 Å². The molecule has 6 nitrogen and oxygen atoms in total. The molecule has 2 heterocycles. The minimum Gasteiger partial charge on any atom is -0.478 e. The zero-order valence-corrected chi connectivity index (χ0v) is 19.9. The Bertz CT molecular complexity index is 1200. The van der Waals surface area contributed by atoms with Gasteiger partial charge in [0.25, 0.3) is 0 Å². The van der Waals surface area contributed by atoms with E-state index in [4.69, 9.17) is 10.2 Å². The number of likely N-dealkylation sites (N-methyl/N-ethyl adjacent to an activating group) is 1. The monoisotopic (exact) mass is 476 g/mol. The van der Waals surface area contributed by atoms with Crippen LogP contribution in [0.1, 0.15) is 17.2 Å². The summed E-state index contributed by atoms with van der Waals surface area (Å²) in [5.41, 5.74) is 3.00. The second kappa shape index (κ2) is 10.9. The number of hydrogen-bond donors (Lipinski definition) is 2. The summed E-state index contributed by atoms with van der Waals surface area (Å²) in [4.78, 5) is 27.1. The summed E-state index contributed by atoms with van der Waals surface area (Å²) in [7, 11) is 2.23. The molecule has 1 atom stereocenters. The van der Waals surface area contributed by atoms with Crippen LogP contribution in [-0.4, -0.2) is 65.2 Å². The lowest BCUT2D eigenvalue weighted by Crippen LogP contribution is -2.46. The molecule has 5 rings (SSSR count). The van der Waals surface area contributed by atoms with Gasteiger partial charge in [0.05, 0.1) is 0 Å². The highest BCUT2D eigenvalue weighted by atomic mass is 32.2. The van der Waals surface area contributed by atoms with Crippen molar-refractivity contribution in [1.82, 2.24) is 9.80 Å². The molecule has 34 heavy (non-hydrogen) atoms. The highest BCUT2D eigenvalue weighted by Crippen LogP contribution is 2.46. The van der Waals surface area contributed by atoms with E-state index in [2.05, 4.69) is 77.5 Å². The summed E-state index contributed by atoms with van der Waals surface area (Å²) in [6, 6.07) is 23.0. The van der Waals surface area contributed by atoms with Gasteiger partial charge in [-0.3, -0.25) is 4.90 Å². The van der Waals surface area contributed by atoms with E-state index in [0.29, 0.717) is 18.2 Å². The average Bonchev–Trinajstić information content (AvgIpc) is 3.01. The van der Waals surface area contributed by atoms with Gasteiger partial charge in [0.1, 0.15) is 0 Å². The Balaban J connectivity index is 0.000000297. The summed E-state index contributed by atoms with van der Waals surface area (Å²) >= 11 is 1.96. The Hall–Kier alpha value is -3.13. The third-order valence-corrected chi connectivity index (χ3v) is 7.49. The lowest BCUT2D eigenvalue weighted by Gasteiger charge is -2.38. The smallest absolute Gasteiger partial charge is 0.328 e. The van der Waals surface area contributed by atoms with E-state index in [-0.39, 0.29) is 0 Å². The normalized spacial score (nSPS) is 18.4. The molecule has 1 unspecified atom stereocenters. The first-order valence-corrected chi connectivity index (χ1v) is 12.1. The first kappa shape index (κ1) is 24.0. The first-order valence-electron chi connectivity index (χ1n) is 11.3. The van der Waals surface area contributed by atoms with Crippen molar-refractivity contribution in [2.75, 3.05) is 33.2 Å². The third-order valence-electron chi connectivity index (χ3n) is 6.21. The molecule has 0 saturated carbocycles. The van der Waals surface area contributed by atoms with Crippen LogP contribution in [0.15, 0.2) is 82.6 Å². The van der Waals surface area contributed by atoms with Gasteiger partial charge in [0.2, 0.25) is 0 Å². The SMILES string of the molecule is CN1CCN(C2Cc3ccccc3Sc3c2ccc2ccccc32)CC1.O=C(O)/C=C/C(=O)O. The predicted molar refractivity (Wildman–Crippen MR) is 134 cm³/mol. The van der Waals surface area contributed by atoms with Crippen LogP contribution in [0, 0.1) is 0 Å². The fourth-order valence-electron chi connectivity index (χ4n) is 4.44. The lowest BCUT2D eigenvalue weighted by atomic mass is 9.94. The molecular weight excluding hydrogens is 448 g/mol. The van der Waals surface area contributed by atoms with Crippen molar-refractivity contribution in [2.24, 2.45) is 0 Å². The number of carboxylic acids is 2. The molecular formula is C27H28N2O4S. The number of piperazine rings is 1. The van der Waals surface area contributed by atoms with E-state index in [9.17, 15) is 9.59 Å². The molecule has 3 aromatic rings. The summed E-state index contributed by atoms with van der Waals surface area (Å²) in [5, 5.41) is 18.4. The second-order valence-corrected chi connectivity index (χ2v) is 9.54. The Labute approximate surface area is 203 Å². The van der Waals surface area contributed by atoms with Crippen molar-refractivity contribution in [2.45, 2.75) is 22.3 Å². The predicted octanol–water partition coefficient (Wildman–Crippen LogP) is 4.55. The van der Waals surface area contributed by atoms with Gasteiger partial charge in [0.15, 0.2) is 0 Å². The zero-order chi connectivity index (χ0) is 24.1. The molecule has 3 aromatic carbocycles. The number of benzene rings is 3. The van der Waals surface area contributed by atoms with Gasteiger partial charge in [0, 0.05) is 54.2 Å². The topological polar surface area (TPSA) is 81.1 Å². The van der Waals surface area contributed by atoms with Gasteiger partial charge in [-0.15, -0.1) is 0 Å². The highest BCUT2D eigenvalue weighted by molar-refractivity contribution is 7.99. The fraction of sp³-hybridized carbons (Fsp3) is 0.259. The maximum absolute atomic E-state index is 9.55. The molecule has 0 spiro atoms. The van der Waals surface area contributed by atoms with Crippen LogP contribution < -0.4 is 0 Å². The van der Waals surface area contributed by atoms with Gasteiger partial charge >= 0.3 is 11.9 Å². The Morgan fingerprint density at radius 3 is 2.24 bits per heavy atom. The maximum Gasteiger partial charge on any atom is 0.328 e. The van der Waals surface area contributed by atoms with Crippen molar-refractivity contribution in [1.29, 1.82) is 0 Å². The molecule has 2 aliphatic rings. The van der Waals surface area contributed by atoms with Crippen molar-refractivity contribution in [3.05, 3.63) is 83.9 Å². The molecule has 1 saturated heterocycles. The zero-order valence-electron chi connectivity index (χ0n) is 19.1. The van der Waals surface area contributed by atoms with E-state index >= 15 is 0 Å². The molecule has 0 bridgehead atoms. The standard InChI is InChI=1S/C23H24N2S.C4H4O4/c1-24-12-14-25(15-13-24)21-16-18-7-3-5-9-22(18)26-23-19-8-4-2-6-17(19)10-11-20(21)23;5-3(6)1-2-4(7)8/h2-11,21H,12-16H2,1H3;1-2H,(H,5,6)(H,7,8)/b;2-1+. The average molecular weight is 477 g/mol. The second-order valence-electron chi connectivity index (χ2n) is 8.48. The number of rotatable bonds is 3. The van der Waals surface area contributed by atoms with Crippen molar-refractivity contribution in [3.8, 4) is 0 Å². The van der Waals surface area contributed by atoms with E-state index in [1.165, 1.54) is 31.7 Å². The largest absolute Gasteiger partial charge is 0.478 e. The molecule has 2 aliphatic heterocycles. The summed E-state index contributed by atoms with van der Waals surface area (Å²) < 4.78 is 0. The number of hydrogen-bond acceptors (Lipinski definition) is 5. The fourth-order valence-corrected chi connectivity index (χ4v) is 5.71. The highest BCUT2D eigenvalue weighted by Gasteiger charge is 2.30. The lowest BCUT2D eigenvalue weighted by molar-refractivity contribution is -0.134. The van der Waals surface area contributed by atoms with Crippen LogP contribution in [0.2, 0.25) is 0 Å². The molecule has 0 amide bonds. The van der Waals surface area contributed by atoms with Gasteiger partial charge in [-0.2, -0.15) is 0 Å². The molecule has 0 aromatic heterocycles. The van der Waals surface area contributed by atoms with Crippen molar-refractivity contribution in [3.63, 3.8) is 0 Å². The van der Waals surface area contributed by atoms with Gasteiger partial charge in [-0.1, -0.05) is 66.4 Å². The molecule has 0 radical (unpaired) electrons. The Kier molecular flexibility index (Phi) is 7.67. The molecule has 176 valence electrons. The number of aliphatic carboxylic acids is 2. The van der Waals surface area contributed by atoms with Crippen LogP contribution in [0.3, 0.4) is 0 Å². The molecule has 7 heteroatoms. The van der Waals surface area contributed by atoms with Gasteiger partial charge in [-0.25, -0.2) is 9.59 Å². The van der Waals surface area contributed by atoms with Crippen LogP contribution in [0.25, 0.3) is 10.8 Å². The van der Waals surface area contributed by atoms with Crippen LogP contribution in [-0.2, 0) is 16.0 Å². The number of carboxylic acid groups (broad SMARTS) is 2. The van der Waals surface area contributed by atoms with Gasteiger partial charge in [-0.05, 0) is 41.4 Å². The summed E-state index contributed by atoms with van der Waals surface area (Å²) in [6.07, 6.45) is 2.23. The maximum atomic E-state index is 9.55. The Morgan fingerprint density at radius 2 is 1.53 bits per heavy atom. The third kappa shape index (κ3) is 5.67. The number of fused-ring (bicyclic) bond motifs is 4. The first-order chi connectivity index (χ1) is 16.4. The molecule has 2 N–H and O–H groups in total. The van der Waals surface area contributed by atoms with Crippen molar-refractivity contribution < 1.29 is 19.8 Å². The minimum absolute atomic E-state index is 0.472. The number of carbonyl (C=O) groups is 2. The van der Waals surface area contributed by atoms with Crippen LogP contribution in [0.4, 0.5) is 0 Å².